The van der Waals surface area contributed by atoms with Crippen molar-refractivity contribution in [3.8, 4) is 0 Å². The van der Waals surface area contributed by atoms with Gasteiger partial charge in [0.15, 0.2) is 0 Å². The Morgan fingerprint density at radius 1 is 1.20 bits per heavy atom. The Morgan fingerprint density at radius 2 is 1.93 bits per heavy atom. The molecular formula is C12H19N3. The van der Waals surface area contributed by atoms with Crippen LogP contribution in [-0.2, 0) is 0 Å². The smallest absolute Gasteiger partial charge is 0.125 e. The normalized spacial score (nSPS) is 18.4. The molecule has 0 amide bonds. The lowest BCUT2D eigenvalue weighted by atomic mass is 10.1. The summed E-state index contributed by atoms with van der Waals surface area (Å²) >= 11 is 0. The van der Waals surface area contributed by atoms with E-state index in [-0.39, 0.29) is 0 Å². The zero-order valence-electron chi connectivity index (χ0n) is 9.08. The second-order valence-corrected chi connectivity index (χ2v) is 4.30. The van der Waals surface area contributed by atoms with E-state index in [0.29, 0.717) is 11.9 Å². The lowest BCUT2D eigenvalue weighted by molar-refractivity contribution is 0.620. The largest absolute Gasteiger partial charge is 0.384 e. The molecule has 0 unspecified atom stereocenters. The number of anilines is 2. The predicted molar refractivity (Wildman–Crippen MR) is 63.8 cm³/mol. The Hall–Kier alpha value is -1.25. The van der Waals surface area contributed by atoms with Gasteiger partial charge in [0.05, 0.1) is 0 Å². The molecule has 1 aromatic heterocycles. The van der Waals surface area contributed by atoms with E-state index in [1.807, 2.05) is 12.1 Å². The van der Waals surface area contributed by atoms with Crippen LogP contribution >= 0.6 is 0 Å². The number of nitrogens with one attached hydrogen (secondary N) is 1. The zero-order chi connectivity index (χ0) is 10.5. The van der Waals surface area contributed by atoms with Crippen molar-refractivity contribution in [2.45, 2.75) is 44.6 Å². The maximum atomic E-state index is 5.64. The molecule has 1 saturated carbocycles. The quantitative estimate of drug-likeness (QED) is 0.730. The summed E-state index contributed by atoms with van der Waals surface area (Å²) in [4.78, 5) is 3.99. The van der Waals surface area contributed by atoms with Crippen LogP contribution in [0.15, 0.2) is 18.3 Å². The van der Waals surface area contributed by atoms with Gasteiger partial charge in [-0.25, -0.2) is 4.98 Å². The topological polar surface area (TPSA) is 50.9 Å². The minimum absolute atomic E-state index is 0.591. The van der Waals surface area contributed by atoms with Crippen LogP contribution in [0.2, 0.25) is 0 Å². The Bertz CT molecular complexity index is 303. The van der Waals surface area contributed by atoms with E-state index < -0.39 is 0 Å². The van der Waals surface area contributed by atoms with Gasteiger partial charge in [0.2, 0.25) is 0 Å². The molecule has 0 spiro atoms. The minimum Gasteiger partial charge on any atom is -0.384 e. The molecule has 82 valence electrons. The molecule has 1 fully saturated rings. The fourth-order valence-corrected chi connectivity index (χ4v) is 2.20. The monoisotopic (exact) mass is 205 g/mol. The predicted octanol–water partition coefficient (Wildman–Crippen LogP) is 2.80. The highest BCUT2D eigenvalue weighted by Gasteiger charge is 2.11. The summed E-state index contributed by atoms with van der Waals surface area (Å²) in [5.41, 5.74) is 6.75. The molecule has 1 heterocycles. The van der Waals surface area contributed by atoms with Crippen molar-refractivity contribution in [1.29, 1.82) is 0 Å². The van der Waals surface area contributed by atoms with Crippen LogP contribution in [0.4, 0.5) is 11.5 Å². The number of rotatable bonds is 2. The number of hydrogen-bond donors (Lipinski definition) is 2. The first kappa shape index (κ1) is 10.3. The number of aromatic nitrogens is 1. The fourth-order valence-electron chi connectivity index (χ4n) is 2.20. The van der Waals surface area contributed by atoms with Crippen LogP contribution in [0.3, 0.4) is 0 Å². The molecule has 15 heavy (non-hydrogen) atoms. The highest BCUT2D eigenvalue weighted by molar-refractivity contribution is 5.50. The van der Waals surface area contributed by atoms with Crippen molar-refractivity contribution in [1.82, 2.24) is 4.98 Å². The second kappa shape index (κ2) is 5.01. The van der Waals surface area contributed by atoms with Gasteiger partial charge >= 0.3 is 0 Å². The van der Waals surface area contributed by atoms with Gasteiger partial charge in [-0.3, -0.25) is 0 Å². The molecule has 1 aliphatic rings. The molecule has 0 aromatic carbocycles. The van der Waals surface area contributed by atoms with E-state index in [4.69, 9.17) is 5.73 Å². The molecule has 3 N–H and O–H groups in total. The molecule has 0 atom stereocenters. The summed E-state index contributed by atoms with van der Waals surface area (Å²) in [5.74, 6) is 0.591. The molecule has 3 heteroatoms. The first-order valence-electron chi connectivity index (χ1n) is 5.83. The molecule has 0 saturated heterocycles. The average molecular weight is 205 g/mol. The van der Waals surface area contributed by atoms with Gasteiger partial charge in [-0.1, -0.05) is 25.7 Å². The summed E-state index contributed by atoms with van der Waals surface area (Å²) in [6.07, 6.45) is 9.78. The number of nitrogens with two attached hydrogens (primary N) is 1. The highest BCUT2D eigenvalue weighted by atomic mass is 14.9. The molecule has 3 nitrogen and oxygen atoms in total. The average Bonchev–Trinajstić information content (AvgIpc) is 2.46. The van der Waals surface area contributed by atoms with E-state index in [1.54, 1.807) is 6.20 Å². The van der Waals surface area contributed by atoms with Crippen molar-refractivity contribution in [2.24, 2.45) is 0 Å². The van der Waals surface area contributed by atoms with Gasteiger partial charge in [0.25, 0.3) is 0 Å². The lowest BCUT2D eigenvalue weighted by Gasteiger charge is -2.17. The zero-order valence-corrected chi connectivity index (χ0v) is 9.08. The SMILES string of the molecule is Nc1cc(NC2CCCCCC2)ccn1. The molecule has 1 aromatic rings. The van der Waals surface area contributed by atoms with Crippen molar-refractivity contribution >= 4 is 11.5 Å². The Morgan fingerprint density at radius 3 is 2.60 bits per heavy atom. The minimum atomic E-state index is 0.591. The second-order valence-electron chi connectivity index (χ2n) is 4.30. The third kappa shape index (κ3) is 3.11. The van der Waals surface area contributed by atoms with Crippen molar-refractivity contribution in [2.75, 3.05) is 11.1 Å². The summed E-state index contributed by atoms with van der Waals surface area (Å²) in [6, 6.07) is 4.51. The first-order chi connectivity index (χ1) is 7.34. The van der Waals surface area contributed by atoms with Crippen LogP contribution < -0.4 is 11.1 Å². The number of nitrogen functional groups attached to an aromatic ring is 1. The molecule has 0 bridgehead atoms. The van der Waals surface area contributed by atoms with E-state index in [0.717, 1.165) is 5.69 Å². The number of pyridine rings is 1. The van der Waals surface area contributed by atoms with E-state index in [1.165, 1.54) is 38.5 Å². The Balaban J connectivity index is 1.95. The summed E-state index contributed by atoms with van der Waals surface area (Å²) in [6.45, 7) is 0. The summed E-state index contributed by atoms with van der Waals surface area (Å²) in [7, 11) is 0. The summed E-state index contributed by atoms with van der Waals surface area (Å²) in [5, 5.41) is 3.54. The molecule has 0 aliphatic heterocycles. The van der Waals surface area contributed by atoms with Crippen LogP contribution in [0.1, 0.15) is 38.5 Å². The van der Waals surface area contributed by atoms with Gasteiger partial charge in [-0.15, -0.1) is 0 Å². The van der Waals surface area contributed by atoms with Crippen LogP contribution in [0.25, 0.3) is 0 Å². The Kier molecular flexibility index (Phi) is 3.43. The summed E-state index contributed by atoms with van der Waals surface area (Å²) < 4.78 is 0. The van der Waals surface area contributed by atoms with Gasteiger partial charge in [-0.05, 0) is 18.9 Å². The van der Waals surface area contributed by atoms with E-state index in [2.05, 4.69) is 10.3 Å². The van der Waals surface area contributed by atoms with E-state index in [9.17, 15) is 0 Å². The van der Waals surface area contributed by atoms with Crippen LogP contribution in [-0.4, -0.2) is 11.0 Å². The number of hydrogen-bond acceptors (Lipinski definition) is 3. The Labute approximate surface area is 91.1 Å². The molecule has 1 aliphatic carbocycles. The standard InChI is InChI=1S/C12H19N3/c13-12-9-11(7-8-14-12)15-10-5-3-1-2-4-6-10/h7-10H,1-6H2,(H3,13,14,15). The third-order valence-electron chi connectivity index (χ3n) is 3.01. The van der Waals surface area contributed by atoms with Gasteiger partial charge < -0.3 is 11.1 Å². The maximum Gasteiger partial charge on any atom is 0.125 e. The highest BCUT2D eigenvalue weighted by Crippen LogP contribution is 2.21. The van der Waals surface area contributed by atoms with Gasteiger partial charge in [0.1, 0.15) is 5.82 Å². The van der Waals surface area contributed by atoms with E-state index >= 15 is 0 Å². The molecule has 2 rings (SSSR count). The number of nitrogens with zero attached hydrogens (tertiary/aromatic N) is 1. The lowest BCUT2D eigenvalue weighted by Crippen LogP contribution is -2.18. The van der Waals surface area contributed by atoms with Crippen molar-refractivity contribution < 1.29 is 0 Å². The van der Waals surface area contributed by atoms with Crippen LogP contribution in [0.5, 0.6) is 0 Å². The van der Waals surface area contributed by atoms with Crippen molar-refractivity contribution in [3.05, 3.63) is 18.3 Å². The van der Waals surface area contributed by atoms with Gasteiger partial charge in [0, 0.05) is 24.0 Å². The maximum absolute atomic E-state index is 5.64. The molecular weight excluding hydrogens is 186 g/mol. The third-order valence-corrected chi connectivity index (χ3v) is 3.01. The van der Waals surface area contributed by atoms with Gasteiger partial charge in [-0.2, -0.15) is 0 Å². The van der Waals surface area contributed by atoms with Crippen molar-refractivity contribution in [3.63, 3.8) is 0 Å². The fraction of sp³-hybridized carbons (Fsp3) is 0.583. The molecule has 0 radical (unpaired) electrons. The van der Waals surface area contributed by atoms with Crippen LogP contribution in [0, 0.1) is 0 Å². The first-order valence-corrected chi connectivity index (χ1v) is 5.83.